The van der Waals surface area contributed by atoms with Gasteiger partial charge in [-0.3, -0.25) is 0 Å². The first-order valence-corrected chi connectivity index (χ1v) is 14.1. The molecule has 4 aromatic rings. The third kappa shape index (κ3) is 6.28. The molecule has 0 saturated heterocycles. The van der Waals surface area contributed by atoms with Gasteiger partial charge in [-0.2, -0.15) is 0 Å². The van der Waals surface area contributed by atoms with Crippen molar-refractivity contribution in [2.45, 2.75) is 25.7 Å². The van der Waals surface area contributed by atoms with E-state index in [9.17, 15) is 0 Å². The van der Waals surface area contributed by atoms with E-state index in [1.807, 2.05) is 62.4 Å². The van der Waals surface area contributed by atoms with Crippen LogP contribution in [0, 0.1) is 0 Å². The van der Waals surface area contributed by atoms with Crippen LogP contribution in [0.15, 0.2) is 93.9 Å². The molecule has 36 heavy (non-hydrogen) atoms. The van der Waals surface area contributed by atoms with Crippen LogP contribution in [0.3, 0.4) is 0 Å². The van der Waals surface area contributed by atoms with E-state index in [4.69, 9.17) is 32.7 Å². The minimum Gasteiger partial charge on any atom is -0.494 e. The first-order valence-electron chi connectivity index (χ1n) is 11.8. The van der Waals surface area contributed by atoms with E-state index in [0.29, 0.717) is 23.3 Å². The molecule has 4 rings (SSSR count). The molecule has 0 aromatic heterocycles. The summed E-state index contributed by atoms with van der Waals surface area (Å²) in [5.74, 6) is 1.41. The second-order valence-electron chi connectivity index (χ2n) is 8.29. The lowest BCUT2D eigenvalue weighted by Crippen LogP contribution is -2.16. The Bertz CT molecular complexity index is 1200. The summed E-state index contributed by atoms with van der Waals surface area (Å²) in [5.41, 5.74) is 4.22. The normalized spacial score (nSPS) is 12.7. The molecule has 0 amide bonds. The molecule has 0 saturated carbocycles. The van der Waals surface area contributed by atoms with E-state index < -0.39 is 0 Å². The first-order chi connectivity index (χ1) is 17.4. The predicted molar refractivity (Wildman–Crippen MR) is 157 cm³/mol. The molecule has 0 fully saturated rings. The zero-order valence-corrected chi connectivity index (χ0v) is 24.7. The average molecular weight is 649 g/mol. The molecule has 0 aliphatic carbocycles. The Labute approximate surface area is 239 Å². The number of hydrogen-bond donors (Lipinski definition) is 0. The Hall–Kier alpha value is -1.98. The molecule has 2 unspecified atom stereocenters. The van der Waals surface area contributed by atoms with Crippen LogP contribution in [-0.4, -0.2) is 13.2 Å². The van der Waals surface area contributed by atoms with Gasteiger partial charge in [0.25, 0.3) is 0 Å². The lowest BCUT2D eigenvalue weighted by atomic mass is 9.73. The largest absolute Gasteiger partial charge is 0.494 e. The molecular weight excluding hydrogens is 623 g/mol. The summed E-state index contributed by atoms with van der Waals surface area (Å²) < 4.78 is 13.4. The van der Waals surface area contributed by atoms with Gasteiger partial charge in [-0.05, 0) is 96.8 Å². The van der Waals surface area contributed by atoms with Crippen molar-refractivity contribution in [2.24, 2.45) is 0 Å². The zero-order valence-electron chi connectivity index (χ0n) is 20.0. The Kier molecular flexibility index (Phi) is 9.41. The van der Waals surface area contributed by atoms with Crippen molar-refractivity contribution < 1.29 is 9.47 Å². The molecule has 0 radical (unpaired) electrons. The Morgan fingerprint density at radius 2 is 0.944 bits per heavy atom. The van der Waals surface area contributed by atoms with Gasteiger partial charge in [0.2, 0.25) is 0 Å². The lowest BCUT2D eigenvalue weighted by molar-refractivity contribution is 0.340. The van der Waals surface area contributed by atoms with Crippen LogP contribution >= 0.6 is 55.1 Å². The highest BCUT2D eigenvalue weighted by Crippen LogP contribution is 2.48. The van der Waals surface area contributed by atoms with Crippen LogP contribution in [-0.2, 0) is 0 Å². The molecule has 0 aliphatic rings. The molecule has 0 spiro atoms. The third-order valence-electron chi connectivity index (χ3n) is 6.02. The smallest absolute Gasteiger partial charge is 0.119 e. The number of rotatable bonds is 9. The zero-order chi connectivity index (χ0) is 25.7. The highest BCUT2D eigenvalue weighted by Gasteiger charge is 2.31. The molecule has 0 heterocycles. The van der Waals surface area contributed by atoms with Crippen molar-refractivity contribution in [2.75, 3.05) is 13.2 Å². The van der Waals surface area contributed by atoms with Crippen molar-refractivity contribution in [3.8, 4) is 11.5 Å². The quantitative estimate of drug-likeness (QED) is 0.180. The van der Waals surface area contributed by atoms with E-state index in [1.54, 1.807) is 0 Å². The molecule has 4 aromatic carbocycles. The third-order valence-corrected chi connectivity index (χ3v) is 7.69. The molecule has 6 heteroatoms. The second kappa shape index (κ2) is 12.5. The topological polar surface area (TPSA) is 18.5 Å². The Morgan fingerprint density at radius 1 is 0.583 bits per heavy atom. The van der Waals surface area contributed by atoms with Gasteiger partial charge in [0.15, 0.2) is 0 Å². The maximum Gasteiger partial charge on any atom is 0.119 e. The highest BCUT2D eigenvalue weighted by atomic mass is 79.9. The molecule has 2 atom stereocenters. The highest BCUT2D eigenvalue weighted by molar-refractivity contribution is 9.10. The monoisotopic (exact) mass is 646 g/mol. The molecule has 186 valence electrons. The van der Waals surface area contributed by atoms with Crippen LogP contribution in [0.4, 0.5) is 0 Å². The SMILES string of the molecule is CCOc1ccc(C(c2cc(Br)ccc2Cl)C(c2ccc(OCC)cc2)c2cc(Br)ccc2Cl)cc1. The van der Waals surface area contributed by atoms with Crippen molar-refractivity contribution >= 4 is 55.1 Å². The van der Waals surface area contributed by atoms with Gasteiger partial charge in [-0.25, -0.2) is 0 Å². The van der Waals surface area contributed by atoms with Crippen LogP contribution in [0.5, 0.6) is 11.5 Å². The first kappa shape index (κ1) is 27.1. The van der Waals surface area contributed by atoms with Crippen molar-refractivity contribution in [1.29, 1.82) is 0 Å². The number of ether oxygens (including phenoxy) is 2. The van der Waals surface area contributed by atoms with Crippen LogP contribution in [0.1, 0.15) is 47.9 Å². The fourth-order valence-corrected chi connectivity index (χ4v) is 5.71. The molecule has 0 N–H and O–H groups in total. The fraction of sp³-hybridized carbons (Fsp3) is 0.200. The number of hydrogen-bond acceptors (Lipinski definition) is 2. The van der Waals surface area contributed by atoms with E-state index in [1.165, 1.54) is 0 Å². The van der Waals surface area contributed by atoms with E-state index in [2.05, 4.69) is 68.3 Å². The van der Waals surface area contributed by atoms with Gasteiger partial charge < -0.3 is 9.47 Å². The van der Waals surface area contributed by atoms with Crippen LogP contribution in [0.2, 0.25) is 10.0 Å². The van der Waals surface area contributed by atoms with Gasteiger partial charge in [0.1, 0.15) is 11.5 Å². The summed E-state index contributed by atoms with van der Waals surface area (Å²) in [4.78, 5) is 0. The summed E-state index contributed by atoms with van der Waals surface area (Å²) >= 11 is 21.1. The standard InChI is InChI=1S/C30H26Br2Cl2O2/c1-3-35-23-11-5-19(6-12-23)29(25-17-21(31)9-15-27(25)33)30(26-18-22(32)10-16-28(26)34)20-7-13-24(14-8-20)36-4-2/h5-18,29-30H,3-4H2,1-2H3. The van der Waals surface area contributed by atoms with Crippen LogP contribution < -0.4 is 9.47 Å². The molecule has 0 aliphatic heterocycles. The molecule has 2 nitrogen and oxygen atoms in total. The van der Waals surface area contributed by atoms with Gasteiger partial charge in [0, 0.05) is 30.8 Å². The van der Waals surface area contributed by atoms with Gasteiger partial charge >= 0.3 is 0 Å². The summed E-state index contributed by atoms with van der Waals surface area (Å²) in [6, 6.07) is 28.4. The van der Waals surface area contributed by atoms with Gasteiger partial charge in [-0.15, -0.1) is 0 Å². The van der Waals surface area contributed by atoms with E-state index >= 15 is 0 Å². The number of halogens is 4. The second-order valence-corrected chi connectivity index (χ2v) is 10.9. The maximum absolute atomic E-state index is 6.87. The molecule has 0 bridgehead atoms. The van der Waals surface area contributed by atoms with Crippen LogP contribution in [0.25, 0.3) is 0 Å². The van der Waals surface area contributed by atoms with Crippen molar-refractivity contribution in [3.63, 3.8) is 0 Å². The minimum atomic E-state index is -0.129. The summed E-state index contributed by atoms with van der Waals surface area (Å²) in [5, 5.41) is 1.39. The lowest BCUT2D eigenvalue weighted by Gasteiger charge is -2.31. The van der Waals surface area contributed by atoms with Crippen molar-refractivity contribution in [1.82, 2.24) is 0 Å². The summed E-state index contributed by atoms with van der Waals surface area (Å²) in [6.07, 6.45) is 0. The minimum absolute atomic E-state index is 0.129. The van der Waals surface area contributed by atoms with Crippen molar-refractivity contribution in [3.05, 3.63) is 126 Å². The van der Waals surface area contributed by atoms with Gasteiger partial charge in [0.05, 0.1) is 13.2 Å². The summed E-state index contributed by atoms with van der Waals surface area (Å²) in [7, 11) is 0. The van der Waals surface area contributed by atoms with E-state index in [-0.39, 0.29) is 11.8 Å². The fourth-order valence-electron chi connectivity index (χ4n) is 4.49. The molecular formula is C30H26Br2Cl2O2. The summed E-state index contributed by atoms with van der Waals surface area (Å²) in [6.45, 7) is 5.19. The Balaban J connectivity index is 1.97. The average Bonchev–Trinajstić information content (AvgIpc) is 2.88. The predicted octanol–water partition coefficient (Wildman–Crippen LogP) is 10.3. The van der Waals surface area contributed by atoms with Gasteiger partial charge in [-0.1, -0.05) is 79.3 Å². The Morgan fingerprint density at radius 3 is 1.28 bits per heavy atom. The number of benzene rings is 4. The van der Waals surface area contributed by atoms with E-state index in [0.717, 1.165) is 42.7 Å². The maximum atomic E-state index is 6.87.